The van der Waals surface area contributed by atoms with Crippen LogP contribution in [0.1, 0.15) is 64.8 Å². The van der Waals surface area contributed by atoms with Crippen molar-refractivity contribution in [1.29, 1.82) is 0 Å². The molecule has 4 N–H and O–H groups in total. The Labute approximate surface area is 204 Å². The number of carbonyl (C=O) groups is 2. The van der Waals surface area contributed by atoms with Crippen LogP contribution < -0.4 is 0 Å². The number of hydrogen-bond acceptors (Lipinski definition) is 6. The monoisotopic (exact) mass is 480 g/mol. The van der Waals surface area contributed by atoms with E-state index in [4.69, 9.17) is 9.84 Å². The maximum Gasteiger partial charge on any atom is 0.335 e. The molecule has 1 atom stereocenters. The fourth-order valence-corrected chi connectivity index (χ4v) is 3.95. The molecule has 3 aromatic carbocycles. The van der Waals surface area contributed by atoms with Gasteiger partial charge in [-0.3, -0.25) is 4.79 Å². The van der Waals surface area contributed by atoms with Crippen molar-refractivity contribution < 1.29 is 34.8 Å². The van der Waals surface area contributed by atoms with Gasteiger partial charge in [-0.05, 0) is 59.5 Å². The number of aromatic carboxylic acids is 1. The summed E-state index contributed by atoms with van der Waals surface area (Å²) in [4.78, 5) is 23.3. The average Bonchev–Trinajstić information content (AvgIpc) is 2.83. The van der Waals surface area contributed by atoms with E-state index in [-0.39, 0.29) is 29.5 Å². The lowest BCUT2D eigenvalue weighted by Gasteiger charge is -2.11. The van der Waals surface area contributed by atoms with Crippen LogP contribution in [-0.4, -0.2) is 51.5 Å². The van der Waals surface area contributed by atoms with E-state index < -0.39 is 12.1 Å². The second-order valence-corrected chi connectivity index (χ2v) is 8.78. The fourth-order valence-electron chi connectivity index (χ4n) is 3.95. The molecule has 0 fully saturated rings. The summed E-state index contributed by atoms with van der Waals surface area (Å²) in [6.07, 6.45) is 4.86. The molecule has 3 rings (SSSR count). The molecule has 0 heterocycles. The highest BCUT2D eigenvalue weighted by molar-refractivity contribution is 6.00. The van der Waals surface area contributed by atoms with Crippen LogP contribution in [0, 0.1) is 0 Å². The number of carboxylic acid groups (broad SMARTS) is 1. The number of hydrogen-bond donors (Lipinski definition) is 4. The number of rotatable bonds is 14. The van der Waals surface area contributed by atoms with E-state index in [0.29, 0.717) is 30.4 Å². The Morgan fingerprint density at radius 2 is 1.40 bits per heavy atom. The van der Waals surface area contributed by atoms with Crippen molar-refractivity contribution in [2.24, 2.45) is 0 Å². The summed E-state index contributed by atoms with van der Waals surface area (Å²) in [5.74, 6) is -1.29. The van der Waals surface area contributed by atoms with Gasteiger partial charge in [0.1, 0.15) is 0 Å². The molecule has 1 unspecified atom stereocenters. The van der Waals surface area contributed by atoms with Gasteiger partial charge < -0.3 is 25.2 Å². The van der Waals surface area contributed by atoms with E-state index in [2.05, 4.69) is 0 Å². The minimum Gasteiger partial charge on any atom is -0.504 e. The molecule has 0 bridgehead atoms. The third kappa shape index (κ3) is 8.09. The molecule has 0 aliphatic rings. The number of aliphatic hydroxyl groups is 1. The molecule has 0 radical (unpaired) electrons. The molecule has 7 heteroatoms. The molecule has 0 spiro atoms. The van der Waals surface area contributed by atoms with E-state index in [0.717, 1.165) is 43.1 Å². The average molecular weight is 481 g/mol. The summed E-state index contributed by atoms with van der Waals surface area (Å²) in [5, 5.41) is 39.7. The Morgan fingerprint density at radius 3 is 2.11 bits per heavy atom. The Morgan fingerprint density at radius 1 is 0.771 bits per heavy atom. The highest BCUT2D eigenvalue weighted by atomic mass is 16.5. The van der Waals surface area contributed by atoms with Gasteiger partial charge in [0.2, 0.25) is 0 Å². The van der Waals surface area contributed by atoms with Gasteiger partial charge in [0.05, 0.1) is 18.3 Å². The van der Waals surface area contributed by atoms with Gasteiger partial charge in [-0.25, -0.2) is 4.79 Å². The first-order valence-electron chi connectivity index (χ1n) is 11.9. The second-order valence-electron chi connectivity index (χ2n) is 8.78. The number of carboxylic acids is 1. The number of unbranched alkanes of at least 4 members (excludes halogenated alkanes) is 4. The minimum atomic E-state index is -0.971. The highest BCUT2D eigenvalue weighted by Gasteiger charge is 2.10. The van der Waals surface area contributed by atoms with E-state index >= 15 is 0 Å². The maximum atomic E-state index is 12.5. The highest BCUT2D eigenvalue weighted by Crippen LogP contribution is 2.30. The molecule has 0 saturated carbocycles. The Kier molecular flexibility index (Phi) is 9.64. The van der Waals surface area contributed by atoms with E-state index in [1.54, 1.807) is 30.3 Å². The normalized spacial score (nSPS) is 12.0. The minimum absolute atomic E-state index is 0.0642. The van der Waals surface area contributed by atoms with Crippen LogP contribution >= 0.6 is 0 Å². The molecule has 186 valence electrons. The summed E-state index contributed by atoms with van der Waals surface area (Å²) in [5.41, 5.74) is 1.69. The number of phenolic OH excluding ortho intramolecular Hbond substituents is 2. The zero-order valence-electron chi connectivity index (χ0n) is 19.7. The smallest absolute Gasteiger partial charge is 0.335 e. The number of carbonyl (C=O) groups excluding carboxylic acids is 1. The summed E-state index contributed by atoms with van der Waals surface area (Å²) in [6, 6.07) is 14.7. The number of fused-ring (bicyclic) bond motifs is 1. The van der Waals surface area contributed by atoms with Crippen LogP contribution in [0.25, 0.3) is 10.8 Å². The van der Waals surface area contributed by atoms with Crippen LogP contribution in [-0.2, 0) is 11.2 Å². The summed E-state index contributed by atoms with van der Waals surface area (Å²) < 4.78 is 5.55. The SMILES string of the molecule is O=C(O)c1ccc(CC(O)COCCCCCCCC(=O)c2ccc3cc(O)c(O)cc3c2)cc1. The Bertz CT molecular complexity index is 1140. The molecule has 0 amide bonds. The molecular formula is C28H32O7. The first-order valence-corrected chi connectivity index (χ1v) is 11.9. The van der Waals surface area contributed by atoms with Crippen molar-refractivity contribution >= 4 is 22.5 Å². The fraction of sp³-hybridized carbons (Fsp3) is 0.357. The summed E-state index contributed by atoms with van der Waals surface area (Å²) in [6.45, 7) is 0.797. The second kappa shape index (κ2) is 12.9. The summed E-state index contributed by atoms with van der Waals surface area (Å²) >= 11 is 0. The molecule has 0 aliphatic carbocycles. The van der Waals surface area contributed by atoms with Crippen LogP contribution in [0.4, 0.5) is 0 Å². The predicted molar refractivity (Wildman–Crippen MR) is 133 cm³/mol. The lowest BCUT2D eigenvalue weighted by Crippen LogP contribution is -2.18. The quantitative estimate of drug-likeness (QED) is 0.144. The third-order valence-electron chi connectivity index (χ3n) is 5.93. The molecule has 35 heavy (non-hydrogen) atoms. The molecule has 0 saturated heterocycles. The predicted octanol–water partition coefficient (Wildman–Crippen LogP) is 5.09. The lowest BCUT2D eigenvalue weighted by molar-refractivity contribution is 0.0355. The number of aromatic hydroxyl groups is 2. The van der Waals surface area contributed by atoms with Crippen LogP contribution in [0.5, 0.6) is 11.5 Å². The van der Waals surface area contributed by atoms with Crippen LogP contribution in [0.2, 0.25) is 0 Å². The van der Waals surface area contributed by atoms with Crippen molar-refractivity contribution in [2.45, 2.75) is 51.0 Å². The first-order chi connectivity index (χ1) is 16.8. The number of ether oxygens (including phenoxy) is 1. The number of ketones is 1. The molecular weight excluding hydrogens is 448 g/mol. The van der Waals surface area contributed by atoms with Crippen molar-refractivity contribution in [2.75, 3.05) is 13.2 Å². The zero-order valence-corrected chi connectivity index (χ0v) is 19.7. The number of phenols is 2. The van der Waals surface area contributed by atoms with Gasteiger partial charge in [-0.2, -0.15) is 0 Å². The van der Waals surface area contributed by atoms with E-state index in [1.165, 1.54) is 24.3 Å². The topological polar surface area (TPSA) is 124 Å². The van der Waals surface area contributed by atoms with Gasteiger partial charge in [0, 0.05) is 25.0 Å². The van der Waals surface area contributed by atoms with Gasteiger partial charge in [0.25, 0.3) is 0 Å². The van der Waals surface area contributed by atoms with Crippen molar-refractivity contribution in [1.82, 2.24) is 0 Å². The van der Waals surface area contributed by atoms with Gasteiger partial charge in [-0.1, -0.05) is 43.5 Å². The first kappa shape index (κ1) is 26.2. The Balaban J connectivity index is 1.25. The van der Waals surface area contributed by atoms with E-state index in [1.807, 2.05) is 0 Å². The molecule has 0 aliphatic heterocycles. The van der Waals surface area contributed by atoms with Gasteiger partial charge >= 0.3 is 5.97 Å². The van der Waals surface area contributed by atoms with Crippen molar-refractivity contribution in [3.8, 4) is 11.5 Å². The van der Waals surface area contributed by atoms with Crippen LogP contribution in [0.3, 0.4) is 0 Å². The van der Waals surface area contributed by atoms with Crippen LogP contribution in [0.15, 0.2) is 54.6 Å². The third-order valence-corrected chi connectivity index (χ3v) is 5.93. The van der Waals surface area contributed by atoms with Gasteiger partial charge in [-0.15, -0.1) is 0 Å². The van der Waals surface area contributed by atoms with E-state index in [9.17, 15) is 24.9 Å². The maximum absolute atomic E-state index is 12.5. The number of Topliss-reactive ketones (excluding diaryl/α,β-unsaturated/α-hetero) is 1. The molecule has 0 aromatic heterocycles. The van der Waals surface area contributed by atoms with Gasteiger partial charge in [0.15, 0.2) is 17.3 Å². The summed E-state index contributed by atoms with van der Waals surface area (Å²) in [7, 11) is 0. The number of aliphatic hydroxyl groups excluding tert-OH is 1. The standard InChI is InChI=1S/C28H32O7/c29-24(14-19-7-9-20(10-8-19)28(33)34)18-35-13-5-3-1-2-4-6-25(30)22-12-11-21-16-26(31)27(32)17-23(21)15-22/h7-12,15-17,24,29,31-32H,1-6,13-14,18H2,(H,33,34). The lowest BCUT2D eigenvalue weighted by atomic mass is 10.00. The molecule has 3 aromatic rings. The molecule has 7 nitrogen and oxygen atoms in total. The Hall–Kier alpha value is -3.42. The van der Waals surface area contributed by atoms with Crippen molar-refractivity contribution in [3.05, 3.63) is 71.3 Å². The zero-order chi connectivity index (χ0) is 25.2. The largest absolute Gasteiger partial charge is 0.504 e. The number of benzene rings is 3. The van der Waals surface area contributed by atoms with Crippen molar-refractivity contribution in [3.63, 3.8) is 0 Å².